The quantitative estimate of drug-likeness (QED) is 0.742. The van der Waals surface area contributed by atoms with E-state index in [-0.39, 0.29) is 23.4 Å². The minimum absolute atomic E-state index is 0.126. The summed E-state index contributed by atoms with van der Waals surface area (Å²) in [4.78, 5) is 26.8. The van der Waals surface area contributed by atoms with E-state index >= 15 is 0 Å². The molecule has 2 amide bonds. The van der Waals surface area contributed by atoms with E-state index in [0.29, 0.717) is 5.70 Å². The fourth-order valence-electron chi connectivity index (χ4n) is 3.27. The van der Waals surface area contributed by atoms with Gasteiger partial charge in [0.1, 0.15) is 5.75 Å². The van der Waals surface area contributed by atoms with Gasteiger partial charge in [0.25, 0.3) is 0 Å². The number of halogens is 2. The summed E-state index contributed by atoms with van der Waals surface area (Å²) in [6, 6.07) is 13.8. The summed E-state index contributed by atoms with van der Waals surface area (Å²) < 4.78 is 35.1. The van der Waals surface area contributed by atoms with Crippen molar-refractivity contribution in [1.29, 1.82) is 0 Å². The molecule has 8 heteroatoms. The third-order valence-electron chi connectivity index (χ3n) is 4.63. The molecule has 1 heterocycles. The topological polar surface area (TPSA) is 67.9 Å². The maximum absolute atomic E-state index is 12.8. The second-order valence-electron chi connectivity index (χ2n) is 6.36. The molecule has 0 aromatic heterocycles. The van der Waals surface area contributed by atoms with Gasteiger partial charge in [-0.25, -0.2) is 9.59 Å². The number of hydrogen-bond acceptors (Lipinski definition) is 4. The molecule has 1 aliphatic heterocycles. The molecule has 1 N–H and O–H groups in total. The number of hydrogen-bond donors (Lipinski definition) is 1. The van der Waals surface area contributed by atoms with Crippen LogP contribution in [0, 0.1) is 0 Å². The lowest BCUT2D eigenvalue weighted by molar-refractivity contribution is -0.136. The van der Waals surface area contributed by atoms with Gasteiger partial charge in [-0.15, -0.1) is 0 Å². The lowest BCUT2D eigenvalue weighted by Gasteiger charge is -2.35. The fourth-order valence-corrected chi connectivity index (χ4v) is 3.27. The van der Waals surface area contributed by atoms with E-state index < -0.39 is 24.7 Å². The molecule has 6 nitrogen and oxygen atoms in total. The zero-order valence-corrected chi connectivity index (χ0v) is 15.9. The van der Waals surface area contributed by atoms with E-state index in [1.807, 2.05) is 30.3 Å². The van der Waals surface area contributed by atoms with Gasteiger partial charge in [-0.05, 0) is 18.6 Å². The molecule has 1 aliphatic rings. The number of carbonyl (C=O) groups excluding carboxylic acids is 2. The number of rotatable bonds is 6. The molecule has 0 fully saturated rings. The fraction of sp³-hybridized carbons (Fsp3) is 0.238. The molecule has 0 aliphatic carbocycles. The molecule has 1 atom stereocenters. The van der Waals surface area contributed by atoms with Crippen molar-refractivity contribution in [3.05, 3.63) is 77.0 Å². The first kappa shape index (κ1) is 20.3. The number of carbonyl (C=O) groups is 2. The lowest BCUT2D eigenvalue weighted by atomic mass is 9.94. The SMILES string of the molecule is COC(=O)C1=C(C)N(Cc2ccccc2)C(=O)NC1c1ccccc1OC(F)F. The Kier molecular flexibility index (Phi) is 6.11. The molecule has 0 radical (unpaired) electrons. The first-order valence-electron chi connectivity index (χ1n) is 8.87. The second-order valence-corrected chi connectivity index (χ2v) is 6.36. The number of alkyl halides is 2. The minimum atomic E-state index is -3.04. The van der Waals surface area contributed by atoms with Crippen LogP contribution >= 0.6 is 0 Å². The third-order valence-corrected chi connectivity index (χ3v) is 4.63. The van der Waals surface area contributed by atoms with Gasteiger partial charge in [0.15, 0.2) is 0 Å². The highest BCUT2D eigenvalue weighted by Crippen LogP contribution is 2.36. The van der Waals surface area contributed by atoms with Crippen LogP contribution in [-0.2, 0) is 16.1 Å². The molecular weight excluding hydrogens is 382 g/mol. The zero-order valence-electron chi connectivity index (χ0n) is 15.9. The number of urea groups is 1. The Balaban J connectivity index is 2.06. The highest BCUT2D eigenvalue weighted by atomic mass is 19.3. The average molecular weight is 402 g/mol. The number of para-hydroxylation sites is 1. The standard InChI is InChI=1S/C21H20F2N2O4/c1-13-17(19(26)28-2)18(15-10-6-7-11-16(15)29-20(22)23)24-21(27)25(13)12-14-8-4-3-5-9-14/h3-11,18,20H,12H2,1-2H3,(H,24,27). The highest BCUT2D eigenvalue weighted by molar-refractivity contribution is 5.95. The van der Waals surface area contributed by atoms with Gasteiger partial charge in [0.2, 0.25) is 0 Å². The molecule has 2 aromatic carbocycles. The van der Waals surface area contributed by atoms with Gasteiger partial charge in [-0.2, -0.15) is 8.78 Å². The van der Waals surface area contributed by atoms with E-state index in [1.54, 1.807) is 13.0 Å². The summed E-state index contributed by atoms with van der Waals surface area (Å²) in [7, 11) is 1.22. The average Bonchev–Trinajstić information content (AvgIpc) is 2.71. The summed E-state index contributed by atoms with van der Waals surface area (Å²) in [5.74, 6) is -0.795. The molecule has 1 unspecified atom stereocenters. The van der Waals surface area contributed by atoms with Gasteiger partial charge in [0, 0.05) is 11.3 Å². The Morgan fingerprint density at radius 1 is 1.14 bits per heavy atom. The molecule has 2 aromatic rings. The Morgan fingerprint density at radius 3 is 2.45 bits per heavy atom. The molecule has 0 bridgehead atoms. The molecule has 29 heavy (non-hydrogen) atoms. The van der Waals surface area contributed by atoms with Crippen molar-refractivity contribution < 1.29 is 27.8 Å². The molecule has 0 saturated heterocycles. The Labute approximate surface area is 166 Å². The van der Waals surface area contributed by atoms with Gasteiger partial charge in [-0.3, -0.25) is 4.90 Å². The number of allylic oxidation sites excluding steroid dienone is 1. The predicted molar refractivity (Wildman–Crippen MR) is 101 cm³/mol. The Morgan fingerprint density at radius 2 is 1.79 bits per heavy atom. The van der Waals surface area contributed by atoms with Crippen LogP contribution < -0.4 is 10.1 Å². The summed E-state index contributed by atoms with van der Waals surface area (Å²) in [6.45, 7) is -1.19. The van der Waals surface area contributed by atoms with Gasteiger partial charge in [0.05, 0.1) is 25.3 Å². The predicted octanol–water partition coefficient (Wildman–Crippen LogP) is 4.00. The van der Waals surface area contributed by atoms with Crippen LogP contribution in [0.1, 0.15) is 24.1 Å². The molecule has 0 saturated carbocycles. The molecular formula is C21H20F2N2O4. The van der Waals surface area contributed by atoms with Crippen molar-refractivity contribution >= 4 is 12.0 Å². The van der Waals surface area contributed by atoms with Crippen molar-refractivity contribution in [1.82, 2.24) is 10.2 Å². The molecule has 3 rings (SSSR count). The van der Waals surface area contributed by atoms with Crippen LogP contribution in [0.3, 0.4) is 0 Å². The summed E-state index contributed by atoms with van der Waals surface area (Å²) in [5.41, 5.74) is 1.63. The Hall–Kier alpha value is -3.42. The zero-order chi connectivity index (χ0) is 21.0. The number of esters is 1. The highest BCUT2D eigenvalue weighted by Gasteiger charge is 2.37. The van der Waals surface area contributed by atoms with E-state index in [2.05, 4.69) is 10.1 Å². The normalized spacial score (nSPS) is 16.7. The van der Waals surface area contributed by atoms with Gasteiger partial charge >= 0.3 is 18.6 Å². The van der Waals surface area contributed by atoms with Crippen LogP contribution in [0.4, 0.5) is 13.6 Å². The Bertz CT molecular complexity index is 931. The minimum Gasteiger partial charge on any atom is -0.466 e. The first-order chi connectivity index (χ1) is 13.9. The number of amides is 2. The van der Waals surface area contributed by atoms with Crippen molar-refractivity contribution in [3.63, 3.8) is 0 Å². The van der Waals surface area contributed by atoms with E-state index in [1.165, 1.54) is 30.2 Å². The number of benzene rings is 2. The summed E-state index contributed by atoms with van der Waals surface area (Å²) in [6.07, 6.45) is 0. The van der Waals surface area contributed by atoms with Crippen molar-refractivity contribution in [2.75, 3.05) is 7.11 Å². The van der Waals surface area contributed by atoms with Crippen molar-refractivity contribution in [3.8, 4) is 5.75 Å². The summed E-state index contributed by atoms with van der Waals surface area (Å²) >= 11 is 0. The van der Waals surface area contributed by atoms with Gasteiger partial charge in [-0.1, -0.05) is 48.5 Å². The number of nitrogens with zero attached hydrogens (tertiary/aromatic N) is 1. The maximum atomic E-state index is 12.8. The number of nitrogens with one attached hydrogen (secondary N) is 1. The van der Waals surface area contributed by atoms with Crippen molar-refractivity contribution in [2.45, 2.75) is 26.1 Å². The van der Waals surface area contributed by atoms with Crippen LogP contribution in [0.5, 0.6) is 5.75 Å². The molecule has 152 valence electrons. The van der Waals surface area contributed by atoms with Crippen LogP contribution in [0.15, 0.2) is 65.9 Å². The van der Waals surface area contributed by atoms with Crippen LogP contribution in [-0.4, -0.2) is 30.6 Å². The smallest absolute Gasteiger partial charge is 0.387 e. The number of methoxy groups -OCH3 is 1. The first-order valence-corrected chi connectivity index (χ1v) is 8.87. The van der Waals surface area contributed by atoms with Gasteiger partial charge < -0.3 is 14.8 Å². The summed E-state index contributed by atoms with van der Waals surface area (Å²) in [5, 5.41) is 2.72. The largest absolute Gasteiger partial charge is 0.466 e. The van der Waals surface area contributed by atoms with E-state index in [9.17, 15) is 18.4 Å². The monoisotopic (exact) mass is 402 g/mol. The third kappa shape index (κ3) is 4.37. The van der Waals surface area contributed by atoms with Crippen molar-refractivity contribution in [2.24, 2.45) is 0 Å². The van der Waals surface area contributed by atoms with Crippen LogP contribution in [0.25, 0.3) is 0 Å². The van der Waals surface area contributed by atoms with E-state index in [4.69, 9.17) is 4.74 Å². The second kappa shape index (κ2) is 8.72. The maximum Gasteiger partial charge on any atom is 0.387 e. The van der Waals surface area contributed by atoms with Crippen LogP contribution in [0.2, 0.25) is 0 Å². The number of ether oxygens (including phenoxy) is 2. The molecule has 0 spiro atoms. The lowest BCUT2D eigenvalue weighted by Crippen LogP contribution is -2.47. The van der Waals surface area contributed by atoms with E-state index in [0.717, 1.165) is 5.56 Å².